The summed E-state index contributed by atoms with van der Waals surface area (Å²) >= 11 is 3.27. The fourth-order valence-corrected chi connectivity index (χ4v) is 5.83. The number of carbonyl (C=O) groups is 3. The van der Waals surface area contributed by atoms with E-state index in [4.69, 9.17) is 0 Å². The molecule has 4 aromatic heterocycles. The Kier molecular flexibility index (Phi) is 5.70. The summed E-state index contributed by atoms with van der Waals surface area (Å²) in [6, 6.07) is 8.52. The Morgan fingerprint density at radius 3 is 2.77 bits per heavy atom. The number of rotatable bonds is 6. The number of Topliss-reactive ketones (excluding diaryl/α,β-unsaturated/α-hetero) is 1. The second-order valence-electron chi connectivity index (χ2n) is 10.1. The Morgan fingerprint density at radius 2 is 1.95 bits per heavy atom. The maximum absolute atomic E-state index is 13.6. The van der Waals surface area contributed by atoms with Crippen molar-refractivity contribution in [2.45, 2.75) is 38.4 Å². The van der Waals surface area contributed by atoms with E-state index in [1.807, 2.05) is 30.5 Å². The number of nitrogens with zero attached hydrogens (tertiary/aromatic N) is 8. The number of amides is 2. The van der Waals surface area contributed by atoms with E-state index >= 15 is 0 Å². The van der Waals surface area contributed by atoms with Gasteiger partial charge in [0, 0.05) is 48.6 Å². The Balaban J connectivity index is 1.17. The zero-order valence-electron chi connectivity index (χ0n) is 21.2. The van der Waals surface area contributed by atoms with Gasteiger partial charge in [0.05, 0.1) is 11.7 Å². The second kappa shape index (κ2) is 9.30. The van der Waals surface area contributed by atoms with Crippen LogP contribution in [0.15, 0.2) is 59.7 Å². The summed E-state index contributed by atoms with van der Waals surface area (Å²) in [5, 5.41) is 12.1. The average Bonchev–Trinajstić information content (AvgIpc) is 3.26. The molecule has 5 aromatic rings. The quantitative estimate of drug-likeness (QED) is 0.232. The molecule has 1 aliphatic carbocycles. The van der Waals surface area contributed by atoms with Crippen molar-refractivity contribution in [2.24, 2.45) is 5.92 Å². The van der Waals surface area contributed by atoms with Gasteiger partial charge < -0.3 is 4.90 Å². The van der Waals surface area contributed by atoms with Gasteiger partial charge in [0.1, 0.15) is 22.9 Å². The second-order valence-corrected chi connectivity index (χ2v) is 10.9. The van der Waals surface area contributed by atoms with Gasteiger partial charge in [0.15, 0.2) is 11.4 Å². The highest BCUT2D eigenvalue weighted by Gasteiger charge is 2.56. The molecule has 1 aromatic carbocycles. The molecule has 0 radical (unpaired) electrons. The number of aromatic nitrogens is 7. The van der Waals surface area contributed by atoms with E-state index in [2.05, 4.69) is 46.4 Å². The summed E-state index contributed by atoms with van der Waals surface area (Å²) in [6.45, 7) is 1.36. The molecule has 2 amide bonds. The molecule has 13 heteroatoms. The fraction of sp³-hybridized carbons (Fsp3) is 0.259. The maximum Gasteiger partial charge on any atom is 0.249 e. The molecule has 12 nitrogen and oxygen atoms in total. The molecule has 0 bridgehead atoms. The number of hydrogen-bond acceptors (Lipinski definition) is 8. The van der Waals surface area contributed by atoms with Gasteiger partial charge in [-0.05, 0) is 58.5 Å². The third-order valence-corrected chi connectivity index (χ3v) is 7.94. The Hall–Kier alpha value is -4.52. The molecule has 3 atom stereocenters. The first-order valence-corrected chi connectivity index (χ1v) is 13.6. The molecule has 1 N–H and O–H groups in total. The third-order valence-electron chi connectivity index (χ3n) is 7.50. The Bertz CT molecular complexity index is 1850. The van der Waals surface area contributed by atoms with Crippen molar-refractivity contribution in [1.29, 1.82) is 0 Å². The first-order chi connectivity index (χ1) is 19.4. The minimum Gasteiger partial charge on any atom is -0.326 e. The molecule has 1 aliphatic heterocycles. The van der Waals surface area contributed by atoms with E-state index in [9.17, 15) is 14.4 Å². The van der Waals surface area contributed by atoms with Crippen LogP contribution in [-0.2, 0) is 16.1 Å². The number of benzene rings is 1. The van der Waals surface area contributed by atoms with E-state index in [0.717, 1.165) is 23.2 Å². The predicted octanol–water partition coefficient (Wildman–Crippen LogP) is 3.13. The standard InChI is InChI=1S/C27H22BrN9O3/c1-14(38)25-18-8-15(17-11-30-23-5-7-31-36(23)12-17)2-3-19(18)35(34-25)13-24(39)37-20-9-16(20)10-21(37)26(40)33-27-29-6-4-22(28)32-27/h2-8,11-12,16,20-21H,9-10,13H2,1H3,(H,29,32,33,40)/t16-,20-,21+/m1/s1. The summed E-state index contributed by atoms with van der Waals surface area (Å²) in [5.41, 5.74) is 3.35. The third kappa shape index (κ3) is 4.22. The number of ketones is 1. The van der Waals surface area contributed by atoms with E-state index in [1.165, 1.54) is 13.1 Å². The van der Waals surface area contributed by atoms with Crippen molar-refractivity contribution in [1.82, 2.24) is 39.2 Å². The Morgan fingerprint density at radius 1 is 1.07 bits per heavy atom. The molecule has 5 heterocycles. The van der Waals surface area contributed by atoms with Gasteiger partial charge >= 0.3 is 0 Å². The first-order valence-electron chi connectivity index (χ1n) is 12.8. The monoisotopic (exact) mass is 599 g/mol. The van der Waals surface area contributed by atoms with Crippen LogP contribution in [0.25, 0.3) is 27.7 Å². The van der Waals surface area contributed by atoms with Crippen molar-refractivity contribution in [3.63, 3.8) is 0 Å². The number of piperidine rings is 1. The molecule has 1 saturated heterocycles. The van der Waals surface area contributed by atoms with Crippen LogP contribution in [0.4, 0.5) is 5.95 Å². The zero-order chi connectivity index (χ0) is 27.5. The summed E-state index contributed by atoms with van der Waals surface area (Å²) in [4.78, 5) is 53.6. The van der Waals surface area contributed by atoms with Crippen LogP contribution >= 0.6 is 15.9 Å². The van der Waals surface area contributed by atoms with Crippen LogP contribution in [0.1, 0.15) is 30.3 Å². The van der Waals surface area contributed by atoms with Crippen molar-refractivity contribution in [3.8, 4) is 11.1 Å². The van der Waals surface area contributed by atoms with Gasteiger partial charge in [-0.3, -0.25) is 24.4 Å². The normalized spacial score (nSPS) is 19.6. The van der Waals surface area contributed by atoms with Gasteiger partial charge in [0.2, 0.25) is 17.8 Å². The molecule has 40 heavy (non-hydrogen) atoms. The summed E-state index contributed by atoms with van der Waals surface area (Å²) < 4.78 is 3.78. The molecule has 7 rings (SSSR count). The lowest BCUT2D eigenvalue weighted by molar-refractivity contribution is -0.138. The topological polar surface area (TPSA) is 140 Å². The minimum absolute atomic E-state index is 0.0251. The number of hydrogen-bond donors (Lipinski definition) is 1. The lowest BCUT2D eigenvalue weighted by atomic mass is 10.0. The zero-order valence-corrected chi connectivity index (χ0v) is 22.8. The van der Waals surface area contributed by atoms with Crippen LogP contribution in [0.2, 0.25) is 0 Å². The summed E-state index contributed by atoms with van der Waals surface area (Å²) in [5.74, 6) is -0.274. The molecule has 2 fully saturated rings. The molecule has 200 valence electrons. The van der Waals surface area contributed by atoms with E-state index < -0.39 is 6.04 Å². The molecule has 1 saturated carbocycles. The summed E-state index contributed by atoms with van der Waals surface area (Å²) in [6.07, 6.45) is 8.30. The Labute approximate surface area is 235 Å². The molecule has 2 aliphatic rings. The smallest absolute Gasteiger partial charge is 0.249 e. The molecular formula is C27H22BrN9O3. The molecule has 0 spiro atoms. The lowest BCUT2D eigenvalue weighted by Crippen LogP contribution is -2.47. The van der Waals surface area contributed by atoms with E-state index in [1.54, 1.807) is 32.6 Å². The predicted molar refractivity (Wildman–Crippen MR) is 147 cm³/mol. The van der Waals surface area contributed by atoms with Gasteiger partial charge in [-0.15, -0.1) is 0 Å². The largest absolute Gasteiger partial charge is 0.326 e. The van der Waals surface area contributed by atoms with Crippen molar-refractivity contribution < 1.29 is 14.4 Å². The van der Waals surface area contributed by atoms with Crippen molar-refractivity contribution in [2.75, 3.05) is 5.32 Å². The first kappa shape index (κ1) is 24.5. The molecule has 0 unspecified atom stereocenters. The van der Waals surface area contributed by atoms with Gasteiger partial charge in [0.25, 0.3) is 0 Å². The highest BCUT2D eigenvalue weighted by atomic mass is 79.9. The van der Waals surface area contributed by atoms with Crippen LogP contribution in [0, 0.1) is 5.92 Å². The molecular weight excluding hydrogens is 578 g/mol. The van der Waals surface area contributed by atoms with Crippen LogP contribution in [-0.4, -0.2) is 68.9 Å². The van der Waals surface area contributed by atoms with Gasteiger partial charge in [-0.1, -0.05) is 6.07 Å². The van der Waals surface area contributed by atoms with E-state index in [-0.39, 0.29) is 41.8 Å². The maximum atomic E-state index is 13.6. The van der Waals surface area contributed by atoms with Crippen LogP contribution < -0.4 is 5.32 Å². The summed E-state index contributed by atoms with van der Waals surface area (Å²) in [7, 11) is 0. The van der Waals surface area contributed by atoms with Crippen molar-refractivity contribution in [3.05, 3.63) is 65.4 Å². The number of likely N-dealkylation sites (tertiary alicyclic amines) is 1. The number of anilines is 1. The average molecular weight is 600 g/mol. The fourth-order valence-electron chi connectivity index (χ4n) is 5.55. The number of halogens is 1. The van der Waals surface area contributed by atoms with Gasteiger partial charge in [-0.2, -0.15) is 10.2 Å². The highest BCUT2D eigenvalue weighted by molar-refractivity contribution is 9.10. The highest BCUT2D eigenvalue weighted by Crippen LogP contribution is 2.48. The van der Waals surface area contributed by atoms with Crippen LogP contribution in [0.5, 0.6) is 0 Å². The lowest BCUT2D eigenvalue weighted by Gasteiger charge is -2.26. The van der Waals surface area contributed by atoms with Crippen molar-refractivity contribution >= 4 is 56.0 Å². The SMILES string of the molecule is CC(=O)c1nn(CC(=O)N2[C@@H]3C[C@@H]3C[C@H]2C(=O)Nc2nccc(Br)n2)c2ccc(-c3cnc4ccnn4c3)cc12. The number of fused-ring (bicyclic) bond motifs is 3. The van der Waals surface area contributed by atoms with E-state index in [0.29, 0.717) is 27.8 Å². The van der Waals surface area contributed by atoms with Crippen LogP contribution in [0.3, 0.4) is 0 Å². The van der Waals surface area contributed by atoms with Gasteiger partial charge in [-0.25, -0.2) is 19.5 Å². The number of nitrogens with one attached hydrogen (secondary N) is 1. The number of carbonyl (C=O) groups excluding carboxylic acids is 3. The minimum atomic E-state index is -0.621.